The molecule has 0 radical (unpaired) electrons. The van der Waals surface area contributed by atoms with Crippen LogP contribution in [0.3, 0.4) is 0 Å². The van der Waals surface area contributed by atoms with Gasteiger partial charge in [-0.15, -0.1) is 0 Å². The second-order valence-corrected chi connectivity index (χ2v) is 4.47. The van der Waals surface area contributed by atoms with Gasteiger partial charge in [-0.25, -0.2) is 9.97 Å². The van der Waals surface area contributed by atoms with Gasteiger partial charge in [0.2, 0.25) is 0 Å². The maximum Gasteiger partial charge on any atom is 0.151 e. The first-order valence-corrected chi connectivity index (χ1v) is 6.14. The Bertz CT molecular complexity index is 461. The number of H-pyrrole nitrogens is 1. The van der Waals surface area contributed by atoms with Gasteiger partial charge in [0.15, 0.2) is 5.75 Å². The van der Waals surface area contributed by atoms with E-state index in [0.29, 0.717) is 11.8 Å². The van der Waals surface area contributed by atoms with Crippen LogP contribution in [0.5, 0.6) is 5.75 Å². The third-order valence-corrected chi connectivity index (χ3v) is 2.92. The lowest BCUT2D eigenvalue weighted by atomic mass is 10.4. The summed E-state index contributed by atoms with van der Waals surface area (Å²) < 4.78 is 6.34. The number of hydrogen-bond donors (Lipinski definition) is 1. The zero-order valence-corrected chi connectivity index (χ0v) is 11.2. The SMILES string of the molecule is Clc1ccc(OCCc2ncc[nH]2)c(I)n1. The van der Waals surface area contributed by atoms with Crippen LogP contribution in [0.1, 0.15) is 5.82 Å². The Morgan fingerprint density at radius 1 is 1.44 bits per heavy atom. The minimum Gasteiger partial charge on any atom is -0.490 e. The van der Waals surface area contributed by atoms with Crippen molar-refractivity contribution < 1.29 is 4.74 Å². The molecule has 2 rings (SSSR count). The zero-order chi connectivity index (χ0) is 11.4. The molecule has 0 aliphatic rings. The number of aromatic amines is 1. The molecule has 0 bridgehead atoms. The second kappa shape index (κ2) is 5.49. The van der Waals surface area contributed by atoms with E-state index in [4.69, 9.17) is 16.3 Å². The van der Waals surface area contributed by atoms with E-state index in [1.807, 2.05) is 6.07 Å². The maximum atomic E-state index is 5.75. The van der Waals surface area contributed by atoms with E-state index in [9.17, 15) is 0 Å². The Labute approximate surface area is 112 Å². The lowest BCUT2D eigenvalue weighted by Gasteiger charge is -2.06. The van der Waals surface area contributed by atoms with Gasteiger partial charge in [-0.3, -0.25) is 0 Å². The van der Waals surface area contributed by atoms with E-state index in [1.165, 1.54) is 0 Å². The quantitative estimate of drug-likeness (QED) is 0.682. The summed E-state index contributed by atoms with van der Waals surface area (Å²) in [6.45, 7) is 0.562. The first kappa shape index (κ1) is 11.7. The van der Waals surface area contributed by atoms with Crippen LogP contribution >= 0.6 is 34.2 Å². The molecule has 0 unspecified atom stereocenters. The lowest BCUT2D eigenvalue weighted by molar-refractivity contribution is 0.315. The van der Waals surface area contributed by atoms with Gasteiger partial charge >= 0.3 is 0 Å². The Morgan fingerprint density at radius 3 is 3.00 bits per heavy atom. The molecule has 2 heterocycles. The van der Waals surface area contributed by atoms with Gasteiger partial charge in [0.1, 0.15) is 14.7 Å². The Hall–Kier alpha value is -0.820. The van der Waals surface area contributed by atoms with Crippen LogP contribution in [0.2, 0.25) is 5.15 Å². The summed E-state index contributed by atoms with van der Waals surface area (Å²) in [5.74, 6) is 1.66. The van der Waals surface area contributed by atoms with Crippen molar-refractivity contribution in [1.82, 2.24) is 15.0 Å². The first-order chi connectivity index (χ1) is 7.75. The topological polar surface area (TPSA) is 50.8 Å². The van der Waals surface area contributed by atoms with Gasteiger partial charge in [-0.05, 0) is 34.7 Å². The number of imidazole rings is 1. The zero-order valence-electron chi connectivity index (χ0n) is 8.28. The fraction of sp³-hybridized carbons (Fsp3) is 0.200. The molecule has 16 heavy (non-hydrogen) atoms. The predicted octanol–water partition coefficient (Wildman–Crippen LogP) is 2.68. The van der Waals surface area contributed by atoms with Crippen LogP contribution < -0.4 is 4.74 Å². The molecular weight excluding hydrogens is 340 g/mol. The van der Waals surface area contributed by atoms with Gasteiger partial charge in [0.25, 0.3) is 0 Å². The summed E-state index contributed by atoms with van der Waals surface area (Å²) in [5.41, 5.74) is 0. The highest BCUT2D eigenvalue weighted by atomic mass is 127. The smallest absolute Gasteiger partial charge is 0.151 e. The number of nitrogens with zero attached hydrogens (tertiary/aromatic N) is 2. The normalized spacial score (nSPS) is 10.4. The number of pyridine rings is 1. The standard InChI is InChI=1S/C10H9ClIN3O/c11-8-2-1-7(10(12)15-8)16-6-3-9-13-4-5-14-9/h1-2,4-5H,3,6H2,(H,13,14). The average Bonchev–Trinajstić information content (AvgIpc) is 2.74. The van der Waals surface area contributed by atoms with Crippen molar-refractivity contribution in [3.05, 3.63) is 39.2 Å². The Morgan fingerprint density at radius 2 is 2.31 bits per heavy atom. The van der Waals surface area contributed by atoms with Gasteiger partial charge in [-0.1, -0.05) is 11.6 Å². The molecule has 0 saturated heterocycles. The van der Waals surface area contributed by atoms with Gasteiger partial charge < -0.3 is 9.72 Å². The maximum absolute atomic E-state index is 5.75. The highest BCUT2D eigenvalue weighted by Gasteiger charge is 2.03. The fourth-order valence-corrected chi connectivity index (χ4v) is 2.08. The van der Waals surface area contributed by atoms with E-state index in [0.717, 1.165) is 21.7 Å². The van der Waals surface area contributed by atoms with Crippen LogP contribution in [-0.2, 0) is 6.42 Å². The van der Waals surface area contributed by atoms with Crippen molar-refractivity contribution in [2.75, 3.05) is 6.61 Å². The molecule has 6 heteroatoms. The summed E-state index contributed by atoms with van der Waals surface area (Å²) in [4.78, 5) is 11.2. The summed E-state index contributed by atoms with van der Waals surface area (Å²) in [6.07, 6.45) is 4.26. The molecule has 0 aliphatic heterocycles. The van der Waals surface area contributed by atoms with Crippen LogP contribution in [0.4, 0.5) is 0 Å². The van der Waals surface area contributed by atoms with Gasteiger partial charge in [0.05, 0.1) is 6.61 Å². The molecule has 2 aromatic rings. The van der Waals surface area contributed by atoms with E-state index >= 15 is 0 Å². The number of aromatic nitrogens is 3. The Kier molecular flexibility index (Phi) is 4.00. The first-order valence-electron chi connectivity index (χ1n) is 4.69. The largest absolute Gasteiger partial charge is 0.490 e. The van der Waals surface area contributed by atoms with Crippen molar-refractivity contribution in [2.45, 2.75) is 6.42 Å². The molecule has 0 aliphatic carbocycles. The van der Waals surface area contributed by atoms with E-state index < -0.39 is 0 Å². The second-order valence-electron chi connectivity index (χ2n) is 3.06. The molecule has 4 nitrogen and oxygen atoms in total. The summed E-state index contributed by atoms with van der Waals surface area (Å²) in [7, 11) is 0. The van der Waals surface area contributed by atoms with Crippen LogP contribution in [0, 0.1) is 3.70 Å². The highest BCUT2D eigenvalue weighted by molar-refractivity contribution is 14.1. The van der Waals surface area contributed by atoms with E-state index in [-0.39, 0.29) is 0 Å². The van der Waals surface area contributed by atoms with Crippen molar-refractivity contribution >= 4 is 34.2 Å². The molecule has 84 valence electrons. The molecule has 0 amide bonds. The third kappa shape index (κ3) is 3.08. The molecule has 0 fully saturated rings. The molecule has 0 saturated carbocycles. The number of halogens is 2. The average molecular weight is 350 g/mol. The van der Waals surface area contributed by atoms with Gasteiger partial charge in [0, 0.05) is 18.8 Å². The molecule has 0 spiro atoms. The van der Waals surface area contributed by atoms with Crippen LogP contribution in [0.25, 0.3) is 0 Å². The van der Waals surface area contributed by atoms with Crippen LogP contribution in [0.15, 0.2) is 24.5 Å². The van der Waals surface area contributed by atoms with E-state index in [1.54, 1.807) is 18.5 Å². The molecule has 2 aromatic heterocycles. The summed E-state index contributed by atoms with van der Waals surface area (Å²) in [6, 6.07) is 3.53. The lowest BCUT2D eigenvalue weighted by Crippen LogP contribution is -2.04. The molecule has 1 N–H and O–H groups in total. The number of ether oxygens (including phenoxy) is 1. The molecule has 0 atom stereocenters. The number of rotatable bonds is 4. The van der Waals surface area contributed by atoms with E-state index in [2.05, 4.69) is 37.5 Å². The minimum absolute atomic E-state index is 0.475. The van der Waals surface area contributed by atoms with Gasteiger partial charge in [-0.2, -0.15) is 0 Å². The van der Waals surface area contributed by atoms with Crippen molar-refractivity contribution in [2.24, 2.45) is 0 Å². The summed E-state index contributed by atoms with van der Waals surface area (Å²) >= 11 is 7.84. The highest BCUT2D eigenvalue weighted by Crippen LogP contribution is 2.20. The third-order valence-electron chi connectivity index (χ3n) is 1.93. The van der Waals surface area contributed by atoms with Crippen molar-refractivity contribution in [1.29, 1.82) is 0 Å². The van der Waals surface area contributed by atoms with Crippen molar-refractivity contribution in [3.63, 3.8) is 0 Å². The fourth-order valence-electron chi connectivity index (χ4n) is 1.20. The van der Waals surface area contributed by atoms with Crippen molar-refractivity contribution in [3.8, 4) is 5.75 Å². The summed E-state index contributed by atoms with van der Waals surface area (Å²) in [5, 5.41) is 0.475. The van der Waals surface area contributed by atoms with Crippen LogP contribution in [-0.4, -0.2) is 21.6 Å². The molecule has 0 aromatic carbocycles. The number of hydrogen-bond acceptors (Lipinski definition) is 3. The Balaban J connectivity index is 1.90. The monoisotopic (exact) mass is 349 g/mol. The predicted molar refractivity (Wildman–Crippen MR) is 69.8 cm³/mol. The molecular formula is C10H9ClIN3O. The minimum atomic E-state index is 0.475. The number of nitrogens with one attached hydrogen (secondary N) is 1.